The van der Waals surface area contributed by atoms with Gasteiger partial charge in [-0.05, 0) is 5.92 Å². The van der Waals surface area contributed by atoms with Gasteiger partial charge in [0.1, 0.15) is 12.4 Å². The molecule has 2 aliphatic rings. The minimum Gasteiger partial charge on any atom is -0.364 e. The van der Waals surface area contributed by atoms with Gasteiger partial charge in [-0.3, -0.25) is 0 Å². The summed E-state index contributed by atoms with van der Waals surface area (Å²) in [5.41, 5.74) is 1.15. The normalized spacial score (nSPS) is 31.8. The monoisotopic (exact) mass is 164 g/mol. The summed E-state index contributed by atoms with van der Waals surface area (Å²) in [5, 5.41) is 3.15. The number of hydrogen-bond donors (Lipinski definition) is 1. The van der Waals surface area contributed by atoms with Crippen LogP contribution in [0.2, 0.25) is 0 Å². The van der Waals surface area contributed by atoms with Gasteiger partial charge in [-0.2, -0.15) is 0 Å². The third-order valence-corrected chi connectivity index (χ3v) is 2.12. The number of nitrogens with zero attached hydrogens (tertiary/aromatic N) is 3. The van der Waals surface area contributed by atoms with Crippen LogP contribution >= 0.6 is 0 Å². The van der Waals surface area contributed by atoms with E-state index >= 15 is 0 Å². The first-order valence-electron chi connectivity index (χ1n) is 4.16. The summed E-state index contributed by atoms with van der Waals surface area (Å²) in [6, 6.07) is 0.204. The molecule has 2 atom stereocenters. The van der Waals surface area contributed by atoms with Crippen LogP contribution in [0, 0.1) is 5.92 Å². The fourth-order valence-electron chi connectivity index (χ4n) is 1.49. The molecule has 0 aromatic heterocycles. The van der Waals surface area contributed by atoms with Crippen molar-refractivity contribution in [3.63, 3.8) is 0 Å². The number of aliphatic imine (C=N–C) groups is 3. The number of fused-ring (bicyclic) bond motifs is 1. The predicted molar refractivity (Wildman–Crippen MR) is 50.0 cm³/mol. The Morgan fingerprint density at radius 2 is 2.25 bits per heavy atom. The second-order valence-electron chi connectivity index (χ2n) is 3.31. The van der Waals surface area contributed by atoms with Gasteiger partial charge in [-0.1, -0.05) is 13.8 Å². The van der Waals surface area contributed by atoms with Gasteiger partial charge in [-0.25, -0.2) is 15.0 Å². The Morgan fingerprint density at radius 3 is 3.00 bits per heavy atom. The van der Waals surface area contributed by atoms with Crippen molar-refractivity contribution in [2.75, 3.05) is 0 Å². The zero-order valence-corrected chi connectivity index (χ0v) is 7.23. The molecule has 0 aromatic carbocycles. The third kappa shape index (κ3) is 1.03. The van der Waals surface area contributed by atoms with Crippen molar-refractivity contribution in [3.8, 4) is 0 Å². The molecule has 2 rings (SSSR count). The summed E-state index contributed by atoms with van der Waals surface area (Å²) in [6.45, 7) is 4.27. The Morgan fingerprint density at radius 1 is 1.42 bits per heavy atom. The molecular weight excluding hydrogens is 152 g/mol. The average molecular weight is 164 g/mol. The zero-order valence-electron chi connectivity index (χ0n) is 7.23. The smallest absolute Gasteiger partial charge is 0.168 e. The molecule has 2 aliphatic heterocycles. The van der Waals surface area contributed by atoms with Crippen molar-refractivity contribution in [1.82, 2.24) is 5.32 Å². The van der Waals surface area contributed by atoms with E-state index in [1.54, 1.807) is 12.7 Å². The first-order chi connectivity index (χ1) is 5.79. The predicted octanol–water partition coefficient (Wildman–Crippen LogP) is 0.452. The van der Waals surface area contributed by atoms with E-state index < -0.39 is 0 Å². The lowest BCUT2D eigenvalue weighted by Gasteiger charge is -2.22. The van der Waals surface area contributed by atoms with Gasteiger partial charge in [0.15, 0.2) is 6.17 Å². The number of nitrogens with one attached hydrogen (secondary N) is 1. The van der Waals surface area contributed by atoms with Crippen LogP contribution in [0.4, 0.5) is 0 Å². The van der Waals surface area contributed by atoms with Gasteiger partial charge in [0, 0.05) is 5.71 Å². The zero-order chi connectivity index (χ0) is 8.55. The average Bonchev–Trinajstić information content (AvgIpc) is 2.49. The summed E-state index contributed by atoms with van der Waals surface area (Å²) in [7, 11) is 0. The Hall–Kier alpha value is -1.19. The van der Waals surface area contributed by atoms with Crippen LogP contribution in [0.25, 0.3) is 0 Å². The molecule has 0 aliphatic carbocycles. The standard InChI is InChI=1S/C8H12N4/c1-5(2)6-7-8(11-3-9-6)12-4-10-7/h3-5,7-8H,1-2H3,(H,10,12). The van der Waals surface area contributed by atoms with Crippen LogP contribution in [0.5, 0.6) is 0 Å². The highest BCUT2D eigenvalue weighted by molar-refractivity contribution is 6.00. The van der Waals surface area contributed by atoms with E-state index in [0.29, 0.717) is 5.92 Å². The maximum Gasteiger partial charge on any atom is 0.168 e. The van der Waals surface area contributed by atoms with Crippen molar-refractivity contribution < 1.29 is 0 Å². The number of rotatable bonds is 1. The molecule has 4 nitrogen and oxygen atoms in total. The summed E-state index contributed by atoms with van der Waals surface area (Å²) >= 11 is 0. The quantitative estimate of drug-likeness (QED) is 0.601. The van der Waals surface area contributed by atoms with E-state index in [4.69, 9.17) is 0 Å². The van der Waals surface area contributed by atoms with Crippen molar-refractivity contribution >= 4 is 18.4 Å². The maximum atomic E-state index is 4.25. The lowest BCUT2D eigenvalue weighted by Crippen LogP contribution is -2.43. The summed E-state index contributed by atoms with van der Waals surface area (Å²) in [6.07, 6.45) is 3.36. The van der Waals surface area contributed by atoms with Gasteiger partial charge < -0.3 is 5.32 Å². The van der Waals surface area contributed by atoms with Crippen LogP contribution < -0.4 is 5.32 Å². The molecule has 64 valence electrons. The van der Waals surface area contributed by atoms with E-state index in [0.717, 1.165) is 5.71 Å². The first-order valence-corrected chi connectivity index (χ1v) is 4.16. The Bertz CT molecular complexity index is 264. The van der Waals surface area contributed by atoms with E-state index in [9.17, 15) is 0 Å². The molecular formula is C8H12N4. The molecule has 0 aromatic rings. The topological polar surface area (TPSA) is 49.1 Å². The van der Waals surface area contributed by atoms with Crippen molar-refractivity contribution in [2.45, 2.75) is 26.1 Å². The van der Waals surface area contributed by atoms with Crippen molar-refractivity contribution in [1.29, 1.82) is 0 Å². The lowest BCUT2D eigenvalue weighted by atomic mass is 9.98. The molecule has 2 heterocycles. The molecule has 0 radical (unpaired) electrons. The molecule has 4 heteroatoms. The fourth-order valence-corrected chi connectivity index (χ4v) is 1.49. The van der Waals surface area contributed by atoms with Crippen LogP contribution in [0.1, 0.15) is 13.8 Å². The minimum atomic E-state index is 0.0277. The Labute approximate surface area is 71.5 Å². The van der Waals surface area contributed by atoms with E-state index in [2.05, 4.69) is 34.1 Å². The van der Waals surface area contributed by atoms with Crippen LogP contribution in [-0.4, -0.2) is 30.6 Å². The fraction of sp³-hybridized carbons (Fsp3) is 0.625. The first kappa shape index (κ1) is 7.46. The molecule has 0 spiro atoms. The summed E-state index contributed by atoms with van der Waals surface area (Å²) in [5.74, 6) is 0.457. The molecule has 0 saturated heterocycles. The van der Waals surface area contributed by atoms with E-state index in [-0.39, 0.29) is 12.2 Å². The van der Waals surface area contributed by atoms with E-state index in [1.807, 2.05) is 0 Å². The highest BCUT2D eigenvalue weighted by Crippen LogP contribution is 2.15. The SMILES string of the molecule is CC(C)C1=NC=NC2N=CNC12. The summed E-state index contributed by atoms with van der Waals surface area (Å²) < 4.78 is 0. The van der Waals surface area contributed by atoms with Gasteiger partial charge >= 0.3 is 0 Å². The Balaban J connectivity index is 2.24. The molecule has 0 amide bonds. The van der Waals surface area contributed by atoms with Gasteiger partial charge in [-0.15, -0.1) is 0 Å². The molecule has 2 unspecified atom stereocenters. The van der Waals surface area contributed by atoms with Crippen LogP contribution in [-0.2, 0) is 0 Å². The largest absolute Gasteiger partial charge is 0.364 e. The number of hydrogen-bond acceptors (Lipinski definition) is 4. The lowest BCUT2D eigenvalue weighted by molar-refractivity contribution is 0.624. The molecule has 0 saturated carbocycles. The Kier molecular flexibility index (Phi) is 1.67. The minimum absolute atomic E-state index is 0.0277. The molecule has 0 fully saturated rings. The third-order valence-electron chi connectivity index (χ3n) is 2.12. The second kappa shape index (κ2) is 2.69. The highest BCUT2D eigenvalue weighted by atomic mass is 15.2. The summed E-state index contributed by atoms with van der Waals surface area (Å²) in [4.78, 5) is 12.6. The van der Waals surface area contributed by atoms with Gasteiger partial charge in [0.25, 0.3) is 0 Å². The van der Waals surface area contributed by atoms with Crippen molar-refractivity contribution in [3.05, 3.63) is 0 Å². The van der Waals surface area contributed by atoms with Gasteiger partial charge in [0.2, 0.25) is 0 Å². The van der Waals surface area contributed by atoms with Crippen LogP contribution in [0.15, 0.2) is 15.0 Å². The molecule has 1 N–H and O–H groups in total. The van der Waals surface area contributed by atoms with Crippen LogP contribution in [0.3, 0.4) is 0 Å². The highest BCUT2D eigenvalue weighted by Gasteiger charge is 2.31. The maximum absolute atomic E-state index is 4.25. The van der Waals surface area contributed by atoms with Gasteiger partial charge in [0.05, 0.1) is 6.34 Å². The van der Waals surface area contributed by atoms with E-state index in [1.165, 1.54) is 0 Å². The second-order valence-corrected chi connectivity index (χ2v) is 3.31. The molecule has 0 bridgehead atoms. The van der Waals surface area contributed by atoms with Crippen molar-refractivity contribution in [2.24, 2.45) is 20.9 Å². The molecule has 12 heavy (non-hydrogen) atoms.